The van der Waals surface area contributed by atoms with Gasteiger partial charge in [0.2, 0.25) is 10.0 Å². The van der Waals surface area contributed by atoms with E-state index < -0.39 is 25.5 Å². The first-order chi connectivity index (χ1) is 8.40. The van der Waals surface area contributed by atoms with Gasteiger partial charge in [-0.3, -0.25) is 10.1 Å². The van der Waals surface area contributed by atoms with Gasteiger partial charge in [-0.25, -0.2) is 13.1 Å². The molecule has 0 spiro atoms. The molecule has 0 amide bonds. The number of nitro groups is 1. The molecule has 0 aromatic heterocycles. The van der Waals surface area contributed by atoms with Gasteiger partial charge in [-0.1, -0.05) is 19.2 Å². The van der Waals surface area contributed by atoms with Crippen LogP contribution in [0.25, 0.3) is 0 Å². The molecule has 7 heteroatoms. The number of allylic oxidation sites excluding steroid dienone is 3. The SMILES string of the molecule is C=CCCCNS(=O)(=O)/C(C=C)=C(/C=C)[N+](=O)[O-]. The van der Waals surface area contributed by atoms with Crippen molar-refractivity contribution in [2.45, 2.75) is 12.8 Å². The second-order valence-electron chi connectivity index (χ2n) is 3.24. The van der Waals surface area contributed by atoms with E-state index in [4.69, 9.17) is 0 Å². The lowest BCUT2D eigenvalue weighted by Crippen LogP contribution is -2.27. The lowest BCUT2D eigenvalue weighted by atomic mass is 10.3. The zero-order valence-corrected chi connectivity index (χ0v) is 10.8. The molecule has 0 fully saturated rings. The Morgan fingerprint density at radius 3 is 2.28 bits per heavy atom. The summed E-state index contributed by atoms with van der Waals surface area (Å²) < 4.78 is 25.9. The Morgan fingerprint density at radius 2 is 1.89 bits per heavy atom. The molecule has 0 atom stereocenters. The van der Waals surface area contributed by atoms with Crippen LogP contribution >= 0.6 is 0 Å². The molecule has 0 aliphatic carbocycles. The molecule has 0 bridgehead atoms. The Kier molecular flexibility index (Phi) is 6.84. The maximum Gasteiger partial charge on any atom is 0.288 e. The highest BCUT2D eigenvalue weighted by atomic mass is 32.2. The second-order valence-corrected chi connectivity index (χ2v) is 4.98. The van der Waals surface area contributed by atoms with Gasteiger partial charge in [-0.2, -0.15) is 0 Å². The van der Waals surface area contributed by atoms with E-state index >= 15 is 0 Å². The molecule has 0 saturated carbocycles. The summed E-state index contributed by atoms with van der Waals surface area (Å²) in [7, 11) is -3.94. The number of hydrogen-bond donors (Lipinski definition) is 1. The Bertz CT molecular complexity index is 477. The number of rotatable bonds is 9. The lowest BCUT2D eigenvalue weighted by molar-refractivity contribution is -0.419. The zero-order valence-electron chi connectivity index (χ0n) is 9.96. The Morgan fingerprint density at radius 1 is 1.28 bits per heavy atom. The quantitative estimate of drug-likeness (QED) is 0.227. The predicted molar refractivity (Wildman–Crippen MR) is 70.8 cm³/mol. The summed E-state index contributed by atoms with van der Waals surface area (Å²) >= 11 is 0. The van der Waals surface area contributed by atoms with E-state index in [1.54, 1.807) is 6.08 Å². The highest BCUT2D eigenvalue weighted by Gasteiger charge is 2.24. The van der Waals surface area contributed by atoms with Gasteiger partial charge >= 0.3 is 0 Å². The molecule has 0 radical (unpaired) electrons. The third-order valence-electron chi connectivity index (χ3n) is 1.99. The van der Waals surface area contributed by atoms with Crippen LogP contribution in [0, 0.1) is 10.1 Å². The van der Waals surface area contributed by atoms with Crippen LogP contribution in [-0.2, 0) is 10.0 Å². The number of hydrogen-bond acceptors (Lipinski definition) is 4. The molecule has 0 aromatic carbocycles. The first-order valence-corrected chi connectivity index (χ1v) is 6.63. The smallest absolute Gasteiger partial charge is 0.258 e. The van der Waals surface area contributed by atoms with Gasteiger partial charge in [0.15, 0.2) is 4.91 Å². The van der Waals surface area contributed by atoms with Gasteiger partial charge in [0.25, 0.3) is 5.70 Å². The molecule has 0 saturated heterocycles. The van der Waals surface area contributed by atoms with E-state index in [2.05, 4.69) is 24.5 Å². The van der Waals surface area contributed by atoms with Crippen molar-refractivity contribution in [2.24, 2.45) is 0 Å². The Labute approximate surface area is 107 Å². The van der Waals surface area contributed by atoms with Crippen LogP contribution in [0.4, 0.5) is 0 Å². The maximum absolute atomic E-state index is 11.8. The van der Waals surface area contributed by atoms with Crippen LogP contribution in [0.15, 0.2) is 48.6 Å². The first-order valence-electron chi connectivity index (χ1n) is 5.14. The molecule has 1 N–H and O–H groups in total. The average molecular weight is 272 g/mol. The van der Waals surface area contributed by atoms with Gasteiger partial charge in [-0.05, 0) is 18.9 Å². The fourth-order valence-electron chi connectivity index (χ4n) is 1.15. The van der Waals surface area contributed by atoms with E-state index in [1.165, 1.54) is 0 Å². The summed E-state index contributed by atoms with van der Waals surface area (Å²) in [6, 6.07) is 0. The summed E-state index contributed by atoms with van der Waals surface area (Å²) in [5.74, 6) is 0. The molecule has 0 aliphatic rings. The van der Waals surface area contributed by atoms with Crippen molar-refractivity contribution < 1.29 is 13.3 Å². The molecule has 0 heterocycles. The van der Waals surface area contributed by atoms with E-state index in [-0.39, 0.29) is 6.54 Å². The summed E-state index contributed by atoms with van der Waals surface area (Å²) in [5.41, 5.74) is -0.596. The van der Waals surface area contributed by atoms with E-state index in [9.17, 15) is 18.5 Å². The number of unbranched alkanes of at least 4 members (excludes halogenated alkanes) is 1. The van der Waals surface area contributed by atoms with Crippen LogP contribution in [0.2, 0.25) is 0 Å². The number of nitrogens with one attached hydrogen (secondary N) is 1. The number of nitrogens with zero attached hydrogens (tertiary/aromatic N) is 1. The summed E-state index contributed by atoms with van der Waals surface area (Å²) in [4.78, 5) is 9.38. The van der Waals surface area contributed by atoms with Crippen molar-refractivity contribution in [3.05, 3.63) is 58.7 Å². The van der Waals surface area contributed by atoms with Crippen molar-refractivity contribution in [2.75, 3.05) is 6.54 Å². The molecule has 0 aliphatic heterocycles. The van der Waals surface area contributed by atoms with Crippen LogP contribution in [0.5, 0.6) is 0 Å². The molecule has 0 aromatic rings. The largest absolute Gasteiger partial charge is 0.288 e. The molecule has 100 valence electrons. The zero-order chi connectivity index (χ0) is 14.2. The van der Waals surface area contributed by atoms with Gasteiger partial charge in [-0.15, -0.1) is 6.58 Å². The molecular formula is C11H16N2O4S. The van der Waals surface area contributed by atoms with E-state index in [0.29, 0.717) is 12.8 Å². The van der Waals surface area contributed by atoms with Crippen molar-refractivity contribution in [1.82, 2.24) is 4.72 Å². The monoisotopic (exact) mass is 272 g/mol. The normalized spacial score (nSPS) is 12.4. The standard InChI is InChI=1S/C11H16N2O4S/c1-4-7-8-9-12-18(16,17)11(6-3)10(5-2)13(14)15/h4-6,12H,1-3,7-9H2/b11-10-. The third kappa shape index (κ3) is 4.64. The summed E-state index contributed by atoms with van der Waals surface area (Å²) in [6.07, 6.45) is 4.68. The van der Waals surface area contributed by atoms with Gasteiger partial charge < -0.3 is 0 Å². The first kappa shape index (κ1) is 16.3. The van der Waals surface area contributed by atoms with Gasteiger partial charge in [0.1, 0.15) is 0 Å². The Balaban J connectivity index is 5.15. The molecule has 18 heavy (non-hydrogen) atoms. The number of sulfonamides is 1. The van der Waals surface area contributed by atoms with E-state index in [0.717, 1.165) is 12.2 Å². The van der Waals surface area contributed by atoms with Crippen molar-refractivity contribution in [3.8, 4) is 0 Å². The lowest BCUT2D eigenvalue weighted by Gasteiger charge is -2.06. The average Bonchev–Trinajstić information content (AvgIpc) is 2.30. The van der Waals surface area contributed by atoms with Crippen molar-refractivity contribution >= 4 is 10.0 Å². The van der Waals surface area contributed by atoms with Crippen LogP contribution in [0.1, 0.15) is 12.8 Å². The molecular weight excluding hydrogens is 256 g/mol. The minimum Gasteiger partial charge on any atom is -0.258 e. The molecule has 6 nitrogen and oxygen atoms in total. The van der Waals surface area contributed by atoms with E-state index in [1.807, 2.05) is 0 Å². The topological polar surface area (TPSA) is 89.3 Å². The van der Waals surface area contributed by atoms with Crippen LogP contribution in [0.3, 0.4) is 0 Å². The fraction of sp³-hybridized carbons (Fsp3) is 0.273. The maximum atomic E-state index is 11.8. The summed E-state index contributed by atoms with van der Waals surface area (Å²) in [5, 5.41) is 10.7. The minimum atomic E-state index is -3.94. The summed E-state index contributed by atoms with van der Waals surface area (Å²) in [6.45, 7) is 10.2. The van der Waals surface area contributed by atoms with Crippen LogP contribution < -0.4 is 4.72 Å². The predicted octanol–water partition coefficient (Wildman–Crippen LogP) is 1.73. The minimum absolute atomic E-state index is 0.174. The fourth-order valence-corrected chi connectivity index (χ4v) is 2.37. The van der Waals surface area contributed by atoms with Crippen LogP contribution in [-0.4, -0.2) is 19.9 Å². The third-order valence-corrected chi connectivity index (χ3v) is 3.53. The van der Waals surface area contributed by atoms with Crippen molar-refractivity contribution in [1.29, 1.82) is 0 Å². The molecule has 0 rings (SSSR count). The second kappa shape index (κ2) is 7.57. The Hall–Kier alpha value is -1.73. The molecule has 0 unspecified atom stereocenters. The van der Waals surface area contributed by atoms with Crippen molar-refractivity contribution in [3.63, 3.8) is 0 Å². The highest BCUT2D eigenvalue weighted by Crippen LogP contribution is 2.14. The van der Waals surface area contributed by atoms with Gasteiger partial charge in [0.05, 0.1) is 4.92 Å². The highest BCUT2D eigenvalue weighted by molar-refractivity contribution is 7.93. The van der Waals surface area contributed by atoms with Gasteiger partial charge in [0, 0.05) is 12.6 Å².